The fourth-order valence-corrected chi connectivity index (χ4v) is 1.95. The van der Waals surface area contributed by atoms with Crippen molar-refractivity contribution < 1.29 is 23.0 Å². The highest BCUT2D eigenvalue weighted by molar-refractivity contribution is 4.69. The number of aliphatic hydroxyl groups is 1. The van der Waals surface area contributed by atoms with E-state index in [-0.39, 0.29) is 18.9 Å². The second kappa shape index (κ2) is 6.45. The van der Waals surface area contributed by atoms with E-state index < -0.39 is 18.7 Å². The van der Waals surface area contributed by atoms with Crippen LogP contribution in [0.15, 0.2) is 0 Å². The molecule has 5 heteroatoms. The lowest BCUT2D eigenvalue weighted by Gasteiger charge is -2.24. The Labute approximate surface area is 93.8 Å². The molecule has 2 nitrogen and oxygen atoms in total. The highest BCUT2D eigenvalue weighted by Gasteiger charge is 2.27. The van der Waals surface area contributed by atoms with Gasteiger partial charge in [-0.1, -0.05) is 0 Å². The van der Waals surface area contributed by atoms with E-state index >= 15 is 0 Å². The van der Waals surface area contributed by atoms with Crippen molar-refractivity contribution in [3.05, 3.63) is 0 Å². The molecule has 0 radical (unpaired) electrons. The van der Waals surface area contributed by atoms with Gasteiger partial charge in [-0.05, 0) is 38.5 Å². The summed E-state index contributed by atoms with van der Waals surface area (Å²) in [5, 5.41) is 9.55. The van der Waals surface area contributed by atoms with Gasteiger partial charge in [0.2, 0.25) is 0 Å². The van der Waals surface area contributed by atoms with Gasteiger partial charge in [-0.2, -0.15) is 13.2 Å². The van der Waals surface area contributed by atoms with Crippen LogP contribution in [0.4, 0.5) is 13.2 Å². The Bertz CT molecular complexity index is 188. The minimum atomic E-state index is -4.11. The SMILES string of the molecule is OC(CCCC(F)(F)F)CC1CCCCO1. The van der Waals surface area contributed by atoms with Gasteiger partial charge in [0.05, 0.1) is 12.2 Å². The Morgan fingerprint density at radius 1 is 1.31 bits per heavy atom. The van der Waals surface area contributed by atoms with Crippen molar-refractivity contribution in [2.24, 2.45) is 0 Å². The first kappa shape index (κ1) is 13.8. The summed E-state index contributed by atoms with van der Waals surface area (Å²) < 4.78 is 41.0. The minimum absolute atomic E-state index is 0.00259. The summed E-state index contributed by atoms with van der Waals surface area (Å²) in [6, 6.07) is 0. The van der Waals surface area contributed by atoms with E-state index in [0.29, 0.717) is 13.0 Å². The smallest absolute Gasteiger partial charge is 0.389 e. The summed E-state index contributed by atoms with van der Waals surface area (Å²) in [5.41, 5.74) is 0. The summed E-state index contributed by atoms with van der Waals surface area (Å²) in [4.78, 5) is 0. The molecule has 16 heavy (non-hydrogen) atoms. The predicted octanol–water partition coefficient (Wildman–Crippen LogP) is 3.04. The zero-order valence-corrected chi connectivity index (χ0v) is 9.30. The van der Waals surface area contributed by atoms with E-state index in [1.165, 1.54) is 0 Å². The molecule has 0 aliphatic carbocycles. The van der Waals surface area contributed by atoms with Crippen LogP contribution >= 0.6 is 0 Å². The maximum atomic E-state index is 11.9. The van der Waals surface area contributed by atoms with Gasteiger partial charge in [0.25, 0.3) is 0 Å². The van der Waals surface area contributed by atoms with Crippen LogP contribution in [0.1, 0.15) is 44.9 Å². The normalized spacial score (nSPS) is 24.4. The molecule has 0 aromatic heterocycles. The van der Waals surface area contributed by atoms with Gasteiger partial charge < -0.3 is 9.84 Å². The lowest BCUT2D eigenvalue weighted by molar-refractivity contribution is -0.136. The Hall–Kier alpha value is -0.290. The third-order valence-corrected chi connectivity index (χ3v) is 2.81. The molecular formula is C11H19F3O2. The van der Waals surface area contributed by atoms with Crippen molar-refractivity contribution in [2.75, 3.05) is 6.61 Å². The van der Waals surface area contributed by atoms with Crippen LogP contribution in [-0.2, 0) is 4.74 Å². The molecule has 1 saturated heterocycles. The monoisotopic (exact) mass is 240 g/mol. The van der Waals surface area contributed by atoms with Crippen molar-refractivity contribution >= 4 is 0 Å². The van der Waals surface area contributed by atoms with Crippen molar-refractivity contribution in [3.63, 3.8) is 0 Å². The molecule has 1 fully saturated rings. The highest BCUT2D eigenvalue weighted by Crippen LogP contribution is 2.24. The lowest BCUT2D eigenvalue weighted by atomic mass is 10.0. The van der Waals surface area contributed by atoms with Crippen molar-refractivity contribution in [3.8, 4) is 0 Å². The number of hydrogen-bond donors (Lipinski definition) is 1. The Morgan fingerprint density at radius 2 is 2.06 bits per heavy atom. The van der Waals surface area contributed by atoms with Crippen LogP contribution < -0.4 is 0 Å². The number of aliphatic hydroxyl groups excluding tert-OH is 1. The van der Waals surface area contributed by atoms with E-state index in [0.717, 1.165) is 19.3 Å². The zero-order valence-electron chi connectivity index (χ0n) is 9.30. The molecule has 0 bridgehead atoms. The maximum Gasteiger partial charge on any atom is 0.389 e. The average molecular weight is 240 g/mol. The second-order valence-corrected chi connectivity index (χ2v) is 4.39. The van der Waals surface area contributed by atoms with Gasteiger partial charge in [-0.15, -0.1) is 0 Å². The standard InChI is InChI=1S/C11H19F3O2/c12-11(13,14)6-3-4-9(15)8-10-5-1-2-7-16-10/h9-10,15H,1-8H2. The first-order valence-electron chi connectivity index (χ1n) is 5.84. The molecule has 1 aliphatic heterocycles. The van der Waals surface area contributed by atoms with Crippen LogP contribution in [0.5, 0.6) is 0 Å². The van der Waals surface area contributed by atoms with Gasteiger partial charge in [-0.3, -0.25) is 0 Å². The van der Waals surface area contributed by atoms with Crippen LogP contribution in [0.2, 0.25) is 0 Å². The molecule has 0 amide bonds. The summed E-state index contributed by atoms with van der Waals surface area (Å²) in [7, 11) is 0. The van der Waals surface area contributed by atoms with E-state index in [9.17, 15) is 18.3 Å². The largest absolute Gasteiger partial charge is 0.393 e. The Kier molecular flexibility index (Phi) is 5.55. The lowest BCUT2D eigenvalue weighted by Crippen LogP contribution is -2.24. The summed E-state index contributed by atoms with van der Waals surface area (Å²) in [5.74, 6) is 0. The van der Waals surface area contributed by atoms with Gasteiger partial charge in [0.15, 0.2) is 0 Å². The zero-order chi connectivity index (χ0) is 12.0. The number of hydrogen-bond acceptors (Lipinski definition) is 2. The van der Waals surface area contributed by atoms with E-state index in [2.05, 4.69) is 0 Å². The van der Waals surface area contributed by atoms with Gasteiger partial charge in [0.1, 0.15) is 0 Å². The van der Waals surface area contributed by atoms with Crippen LogP contribution in [0.25, 0.3) is 0 Å². The van der Waals surface area contributed by atoms with Gasteiger partial charge in [-0.25, -0.2) is 0 Å². The van der Waals surface area contributed by atoms with Crippen molar-refractivity contribution in [1.29, 1.82) is 0 Å². The number of halogens is 3. The molecule has 0 saturated carbocycles. The minimum Gasteiger partial charge on any atom is -0.393 e. The molecular weight excluding hydrogens is 221 g/mol. The first-order chi connectivity index (χ1) is 7.47. The second-order valence-electron chi connectivity index (χ2n) is 4.39. The molecule has 1 aliphatic rings. The van der Waals surface area contributed by atoms with Gasteiger partial charge in [0, 0.05) is 13.0 Å². The van der Waals surface area contributed by atoms with Crippen LogP contribution in [0.3, 0.4) is 0 Å². The molecule has 1 heterocycles. The fraction of sp³-hybridized carbons (Fsp3) is 1.00. The van der Waals surface area contributed by atoms with E-state index in [1.54, 1.807) is 0 Å². The van der Waals surface area contributed by atoms with Crippen molar-refractivity contribution in [2.45, 2.75) is 63.3 Å². The topological polar surface area (TPSA) is 29.5 Å². The van der Waals surface area contributed by atoms with E-state index in [1.807, 2.05) is 0 Å². The Morgan fingerprint density at radius 3 is 2.62 bits per heavy atom. The highest BCUT2D eigenvalue weighted by atomic mass is 19.4. The summed E-state index contributed by atoms with van der Waals surface area (Å²) in [6.45, 7) is 0.708. The third-order valence-electron chi connectivity index (χ3n) is 2.81. The molecule has 1 rings (SSSR count). The predicted molar refractivity (Wildman–Crippen MR) is 54.1 cm³/mol. The summed E-state index contributed by atoms with van der Waals surface area (Å²) in [6.07, 6.45) is -1.83. The van der Waals surface area contributed by atoms with Crippen LogP contribution in [-0.4, -0.2) is 30.1 Å². The van der Waals surface area contributed by atoms with Crippen LogP contribution in [0, 0.1) is 0 Å². The third kappa shape index (κ3) is 6.33. The molecule has 0 spiro atoms. The Balaban J connectivity index is 2.08. The quantitative estimate of drug-likeness (QED) is 0.800. The number of ether oxygens (including phenoxy) is 1. The molecule has 2 unspecified atom stereocenters. The average Bonchev–Trinajstić information content (AvgIpc) is 2.17. The molecule has 1 N–H and O–H groups in total. The molecule has 2 atom stereocenters. The molecule has 96 valence electrons. The van der Waals surface area contributed by atoms with Crippen molar-refractivity contribution in [1.82, 2.24) is 0 Å². The summed E-state index contributed by atoms with van der Waals surface area (Å²) >= 11 is 0. The fourth-order valence-electron chi connectivity index (χ4n) is 1.95. The number of alkyl halides is 3. The number of rotatable bonds is 5. The molecule has 0 aromatic rings. The maximum absolute atomic E-state index is 11.9. The first-order valence-corrected chi connectivity index (χ1v) is 5.84. The molecule has 0 aromatic carbocycles. The van der Waals surface area contributed by atoms with Gasteiger partial charge >= 0.3 is 6.18 Å². The van der Waals surface area contributed by atoms with E-state index in [4.69, 9.17) is 4.74 Å².